The fourth-order valence-electron chi connectivity index (χ4n) is 15.2. The lowest BCUT2D eigenvalue weighted by Crippen LogP contribution is -2.49. The minimum absolute atomic E-state index is 1.22. The highest BCUT2D eigenvalue weighted by Crippen LogP contribution is 2.42. The summed E-state index contributed by atoms with van der Waals surface area (Å²) in [5, 5.41) is 13.7. The molecule has 0 aliphatic carbocycles. The van der Waals surface area contributed by atoms with Gasteiger partial charge in [0, 0.05) is 45.7 Å². The summed E-state index contributed by atoms with van der Waals surface area (Å²) in [6.45, 7) is 10.0. The van der Waals surface area contributed by atoms with Crippen LogP contribution in [-0.2, 0) is 0 Å². The van der Waals surface area contributed by atoms with Crippen LogP contribution in [0.2, 0.25) is 26.2 Å². The van der Waals surface area contributed by atoms with E-state index in [-0.39, 0.29) is 0 Å². The zero-order valence-corrected chi connectivity index (χ0v) is 54.1. The lowest BCUT2D eigenvalue weighted by Gasteiger charge is -2.20. The Morgan fingerprint density at radius 3 is 1.05 bits per heavy atom. The highest BCUT2D eigenvalue weighted by Gasteiger charge is 2.39. The number of aromatic nitrogens is 2. The maximum Gasteiger partial charge on any atom is 0.113 e. The number of hydrogen-bond donors (Lipinski definition) is 0. The predicted octanol–water partition coefficient (Wildman–Crippen LogP) is 21.2. The molecular formula is C88H66N2Si2. The highest BCUT2D eigenvalue weighted by molar-refractivity contribution is 7.04. The van der Waals surface area contributed by atoms with Crippen molar-refractivity contribution >= 4 is 80.2 Å². The third kappa shape index (κ3) is 9.20. The van der Waals surface area contributed by atoms with Crippen LogP contribution in [0.1, 0.15) is 0 Å². The highest BCUT2D eigenvalue weighted by atomic mass is 28.3. The molecule has 436 valence electrons. The molecule has 0 bridgehead atoms. The minimum Gasteiger partial charge on any atom is -0.316 e. The molecule has 0 radical (unpaired) electrons. The minimum atomic E-state index is -1.96. The largest absolute Gasteiger partial charge is 0.316 e. The molecule has 0 saturated heterocycles. The van der Waals surface area contributed by atoms with E-state index in [0.717, 1.165) is 0 Å². The smallest absolute Gasteiger partial charge is 0.113 e. The van der Waals surface area contributed by atoms with Crippen LogP contribution in [0, 0.1) is 0 Å². The van der Waals surface area contributed by atoms with Gasteiger partial charge in [0.1, 0.15) is 16.1 Å². The van der Waals surface area contributed by atoms with Gasteiger partial charge in [-0.25, -0.2) is 0 Å². The summed E-state index contributed by atoms with van der Waals surface area (Å²) in [6, 6.07) is 116. The van der Waals surface area contributed by atoms with Gasteiger partial charge in [-0.2, -0.15) is 0 Å². The second kappa shape index (κ2) is 22.0. The average molecular weight is 1210 g/mol. The van der Waals surface area contributed by atoms with Crippen LogP contribution >= 0.6 is 0 Å². The van der Waals surface area contributed by atoms with Gasteiger partial charge >= 0.3 is 0 Å². The quantitative estimate of drug-likeness (QED) is 0.134. The van der Waals surface area contributed by atoms with Crippen molar-refractivity contribution in [3.8, 4) is 100 Å². The van der Waals surface area contributed by atoms with Gasteiger partial charge in [-0.05, 0) is 169 Å². The third-order valence-electron chi connectivity index (χ3n) is 20.1. The van der Waals surface area contributed by atoms with Crippen molar-refractivity contribution < 1.29 is 0 Å². The summed E-state index contributed by atoms with van der Waals surface area (Å²) in [6.07, 6.45) is 4.71. The maximum absolute atomic E-state index is 2.52. The molecule has 0 fully saturated rings. The van der Waals surface area contributed by atoms with Crippen molar-refractivity contribution in [3.05, 3.63) is 328 Å². The molecule has 14 aromatic carbocycles. The van der Waals surface area contributed by atoms with Crippen molar-refractivity contribution in [2.45, 2.75) is 26.2 Å². The molecule has 0 N–H and O–H groups in total. The van der Waals surface area contributed by atoms with Gasteiger partial charge in [0.2, 0.25) is 0 Å². The van der Waals surface area contributed by atoms with Gasteiger partial charge in [0.05, 0.1) is 11.0 Å². The Morgan fingerprint density at radius 2 is 0.554 bits per heavy atom. The molecule has 0 unspecified atom stereocenters. The van der Waals surface area contributed by atoms with Crippen LogP contribution in [-0.4, -0.2) is 25.3 Å². The van der Waals surface area contributed by atoms with Gasteiger partial charge < -0.3 is 9.13 Å². The second-order valence-electron chi connectivity index (χ2n) is 26.0. The zero-order valence-electron chi connectivity index (χ0n) is 52.1. The molecule has 16 aromatic rings. The Bertz CT molecular complexity index is 5550. The number of fused-ring (bicyclic) bond motifs is 10. The van der Waals surface area contributed by atoms with E-state index in [1.54, 1.807) is 0 Å². The van der Waals surface area contributed by atoms with Crippen LogP contribution in [0.5, 0.6) is 0 Å². The van der Waals surface area contributed by atoms with Crippen molar-refractivity contribution in [1.82, 2.24) is 9.13 Å². The molecule has 2 aliphatic heterocycles. The number of benzene rings is 14. The first-order chi connectivity index (χ1) is 45.1. The molecule has 0 saturated carbocycles. The van der Waals surface area contributed by atoms with Gasteiger partial charge in [-0.3, -0.25) is 0 Å². The van der Waals surface area contributed by atoms with E-state index < -0.39 is 16.1 Å². The van der Waals surface area contributed by atoms with E-state index in [4.69, 9.17) is 0 Å². The normalized spacial score (nSPS) is 13.2. The molecular weight excluding hydrogens is 1140 g/mol. The lowest BCUT2D eigenvalue weighted by atomic mass is 9.94. The zero-order chi connectivity index (χ0) is 61.7. The van der Waals surface area contributed by atoms with E-state index >= 15 is 0 Å². The standard InChI is InChI=1S/C48H35NSi.C40H31NSi/c1-50(2)47-29-35(32-12-4-3-5-13-32)22-25-42(47)43-26-24-37(30-48(43)50)49-31-45(41-21-11-17-34-15-7-9-19-39(34)41)44-28-36(23-27-46(44)49)40-20-10-16-33-14-6-8-18-38(33)40;1-42(2)39-25-32(29-14-8-4-9-15-29)18-21-34(39)35-22-20-33(26-40(35)42)41-27-37(30-16-10-5-11-17-30)36-24-31(19-23-38(36)41)28-12-6-3-7-13-28/h3-31H,1-2H3;3-27H,1-2H3. The maximum atomic E-state index is 2.52. The number of nitrogens with zero attached hydrogens (tertiary/aromatic N) is 2. The van der Waals surface area contributed by atoms with Crippen LogP contribution in [0.15, 0.2) is 328 Å². The molecule has 18 rings (SSSR count). The molecule has 0 spiro atoms. The Morgan fingerprint density at radius 1 is 0.207 bits per heavy atom. The first-order valence-electron chi connectivity index (χ1n) is 32.2. The molecule has 0 amide bonds. The number of rotatable bonds is 8. The third-order valence-corrected chi connectivity index (χ3v) is 27.1. The SMILES string of the molecule is C[Si]1(C)c2cc(-c3ccccc3)ccc2-c2ccc(-n3cc(-c4cccc5ccccc45)c4cc(-c5cccc6ccccc56)ccc43)cc21.C[Si]1(C)c2cc(-c3ccccc3)ccc2-c2ccc(-n3cc(-c4ccccc4)c4cc(-c5ccccc5)ccc43)cc21. The van der Waals surface area contributed by atoms with E-state index in [2.05, 4.69) is 363 Å². The first kappa shape index (κ1) is 55.2. The Balaban J connectivity index is 0.000000143. The van der Waals surface area contributed by atoms with Crippen LogP contribution in [0.4, 0.5) is 0 Å². The Kier molecular flexibility index (Phi) is 13.2. The predicted molar refractivity (Wildman–Crippen MR) is 399 cm³/mol. The number of hydrogen-bond acceptors (Lipinski definition) is 0. The average Bonchev–Trinajstić information content (AvgIpc) is 1.59. The van der Waals surface area contributed by atoms with Crippen molar-refractivity contribution in [3.63, 3.8) is 0 Å². The summed E-state index contributed by atoms with van der Waals surface area (Å²) in [5.74, 6) is 0. The molecule has 92 heavy (non-hydrogen) atoms. The summed E-state index contributed by atoms with van der Waals surface area (Å²) >= 11 is 0. The van der Waals surface area contributed by atoms with Gasteiger partial charge in [-0.1, -0.05) is 293 Å². The van der Waals surface area contributed by atoms with Crippen LogP contribution in [0.3, 0.4) is 0 Å². The fourth-order valence-corrected chi connectivity index (χ4v) is 21.4. The summed E-state index contributed by atoms with van der Waals surface area (Å²) in [5.41, 5.74) is 25.7. The Labute approximate surface area is 540 Å². The molecule has 4 heteroatoms. The summed E-state index contributed by atoms with van der Waals surface area (Å²) < 4.78 is 4.83. The lowest BCUT2D eigenvalue weighted by molar-refractivity contribution is 1.13. The summed E-state index contributed by atoms with van der Waals surface area (Å²) in [4.78, 5) is 0. The fraction of sp³-hybridized carbons (Fsp3) is 0.0455. The van der Waals surface area contributed by atoms with Crippen LogP contribution in [0.25, 0.3) is 144 Å². The van der Waals surface area contributed by atoms with Crippen LogP contribution < -0.4 is 20.7 Å². The van der Waals surface area contributed by atoms with Crippen molar-refractivity contribution in [2.75, 3.05) is 0 Å². The van der Waals surface area contributed by atoms with Gasteiger partial charge in [0.15, 0.2) is 0 Å². The monoisotopic (exact) mass is 1210 g/mol. The topological polar surface area (TPSA) is 9.86 Å². The van der Waals surface area contributed by atoms with E-state index in [9.17, 15) is 0 Å². The molecule has 4 heterocycles. The van der Waals surface area contributed by atoms with Gasteiger partial charge in [0.25, 0.3) is 0 Å². The Hall–Kier alpha value is -10.9. The van der Waals surface area contributed by atoms with Gasteiger partial charge in [-0.15, -0.1) is 0 Å². The van der Waals surface area contributed by atoms with Crippen molar-refractivity contribution in [1.29, 1.82) is 0 Å². The molecule has 0 atom stereocenters. The second-order valence-corrected chi connectivity index (χ2v) is 34.7. The van der Waals surface area contributed by atoms with E-state index in [1.165, 1.54) is 164 Å². The molecule has 2 aliphatic rings. The van der Waals surface area contributed by atoms with Crippen molar-refractivity contribution in [2.24, 2.45) is 0 Å². The van der Waals surface area contributed by atoms with E-state index in [1.807, 2.05) is 0 Å². The first-order valence-corrected chi connectivity index (χ1v) is 38.2. The molecule has 2 aromatic heterocycles. The molecule has 2 nitrogen and oxygen atoms in total. The van der Waals surface area contributed by atoms with E-state index in [0.29, 0.717) is 0 Å². The summed E-state index contributed by atoms with van der Waals surface area (Å²) in [7, 11) is -3.86.